The third kappa shape index (κ3) is 7.91. The molecule has 0 spiro atoms. The van der Waals surface area contributed by atoms with Crippen LogP contribution in [-0.2, 0) is 0 Å². The summed E-state index contributed by atoms with van der Waals surface area (Å²) >= 11 is 0. The van der Waals surface area contributed by atoms with Crippen LogP contribution in [-0.4, -0.2) is 0 Å². The van der Waals surface area contributed by atoms with E-state index in [0.29, 0.717) is 35.5 Å². The first kappa shape index (κ1) is 38.8. The van der Waals surface area contributed by atoms with Crippen LogP contribution in [0.4, 0.5) is 0 Å². The van der Waals surface area contributed by atoms with Gasteiger partial charge in [0.1, 0.15) is 0 Å². The third-order valence-corrected chi connectivity index (χ3v) is 13.6. The van der Waals surface area contributed by atoms with Crippen LogP contribution in [0.25, 0.3) is 33.0 Å². The Hall–Kier alpha value is -5.72. The van der Waals surface area contributed by atoms with Crippen LogP contribution in [0.1, 0.15) is 93.4 Å². The van der Waals surface area contributed by atoms with Gasteiger partial charge in [-0.2, -0.15) is 0 Å². The van der Waals surface area contributed by atoms with Crippen molar-refractivity contribution < 1.29 is 0 Å². The minimum Gasteiger partial charge on any atom is -0.0991 e. The normalized spacial score (nSPS) is 24.0. The van der Waals surface area contributed by atoms with Crippen molar-refractivity contribution in [2.24, 2.45) is 23.7 Å². The molecule has 0 N–H and O–H groups in total. The van der Waals surface area contributed by atoms with Gasteiger partial charge in [-0.25, -0.2) is 0 Å². The summed E-state index contributed by atoms with van der Waals surface area (Å²) < 4.78 is 0. The van der Waals surface area contributed by atoms with Gasteiger partial charge >= 0.3 is 0 Å². The van der Waals surface area contributed by atoms with Gasteiger partial charge in [0.2, 0.25) is 0 Å². The zero-order valence-corrected chi connectivity index (χ0v) is 35.2. The topological polar surface area (TPSA) is 0 Å². The van der Waals surface area contributed by atoms with Crippen molar-refractivity contribution in [2.75, 3.05) is 0 Å². The van der Waals surface area contributed by atoms with E-state index in [2.05, 4.69) is 197 Å². The molecular weight excluding hydrogens is 709 g/mol. The molecule has 59 heavy (non-hydrogen) atoms. The SMILES string of the molecule is C=CC=CCC1=CC(C)C(C2=CCCC(c3cc(C4=CCC(c5ccc6ccccc6c5)C=C4)c(-c4ccccc4)c(C4CC=CC=C4C(C)C)c3)=C2)C2CC=CC=C12. The molecule has 4 aromatic carbocycles. The number of hydrogen-bond acceptors (Lipinski definition) is 0. The van der Waals surface area contributed by atoms with Crippen molar-refractivity contribution in [1.82, 2.24) is 0 Å². The molecule has 9 rings (SSSR count). The molecule has 5 atom stereocenters. The Morgan fingerprint density at radius 2 is 1.63 bits per heavy atom. The Balaban J connectivity index is 1.15. The summed E-state index contributed by atoms with van der Waals surface area (Å²) in [4.78, 5) is 0. The number of benzene rings is 4. The molecule has 0 fully saturated rings. The molecule has 294 valence electrons. The lowest BCUT2D eigenvalue weighted by atomic mass is 9.64. The highest BCUT2D eigenvalue weighted by Gasteiger charge is 2.37. The molecule has 0 amide bonds. The van der Waals surface area contributed by atoms with Gasteiger partial charge < -0.3 is 0 Å². The first-order valence-electron chi connectivity index (χ1n) is 22.2. The average molecular weight is 767 g/mol. The van der Waals surface area contributed by atoms with Crippen molar-refractivity contribution >= 4 is 21.9 Å². The lowest BCUT2D eigenvalue weighted by Crippen LogP contribution is -2.30. The van der Waals surface area contributed by atoms with Crippen LogP contribution < -0.4 is 0 Å². The van der Waals surface area contributed by atoms with Gasteiger partial charge in [-0.3, -0.25) is 0 Å². The van der Waals surface area contributed by atoms with E-state index in [0.717, 1.165) is 38.5 Å². The molecule has 0 heterocycles. The second-order valence-corrected chi connectivity index (χ2v) is 17.6. The number of hydrogen-bond donors (Lipinski definition) is 0. The van der Waals surface area contributed by atoms with E-state index in [9.17, 15) is 0 Å². The van der Waals surface area contributed by atoms with Gasteiger partial charge in [-0.1, -0.05) is 203 Å². The molecule has 5 aliphatic carbocycles. The predicted molar refractivity (Wildman–Crippen MR) is 255 cm³/mol. The highest BCUT2D eigenvalue weighted by Crippen LogP contribution is 2.50. The smallest absolute Gasteiger partial charge is 0.00950 e. The van der Waals surface area contributed by atoms with E-state index in [1.165, 1.54) is 77.6 Å². The minimum atomic E-state index is 0.324. The van der Waals surface area contributed by atoms with Gasteiger partial charge in [-0.05, 0) is 140 Å². The van der Waals surface area contributed by atoms with Crippen molar-refractivity contribution in [3.05, 3.63) is 227 Å². The monoisotopic (exact) mass is 766 g/mol. The molecular formula is C59H58. The zero-order chi connectivity index (χ0) is 40.3. The molecule has 0 nitrogen and oxygen atoms in total. The summed E-state index contributed by atoms with van der Waals surface area (Å²) in [6.45, 7) is 11.1. The summed E-state index contributed by atoms with van der Waals surface area (Å²) in [5.74, 6) is 2.57. The Morgan fingerprint density at radius 1 is 0.814 bits per heavy atom. The molecule has 0 aromatic heterocycles. The Labute approximate surface area is 353 Å². The van der Waals surface area contributed by atoms with Gasteiger partial charge in [0.25, 0.3) is 0 Å². The average Bonchev–Trinajstić information content (AvgIpc) is 3.29. The van der Waals surface area contributed by atoms with Crippen molar-refractivity contribution in [3.8, 4) is 11.1 Å². The van der Waals surface area contributed by atoms with E-state index in [1.807, 2.05) is 6.08 Å². The lowest BCUT2D eigenvalue weighted by Gasteiger charge is -2.40. The first-order valence-corrected chi connectivity index (χ1v) is 22.2. The molecule has 0 aliphatic heterocycles. The van der Waals surface area contributed by atoms with E-state index >= 15 is 0 Å². The van der Waals surface area contributed by atoms with Crippen LogP contribution in [0.2, 0.25) is 0 Å². The molecule has 5 aliphatic rings. The summed E-state index contributed by atoms with van der Waals surface area (Å²) in [5.41, 5.74) is 17.2. The Kier molecular flexibility index (Phi) is 11.3. The minimum absolute atomic E-state index is 0.324. The van der Waals surface area contributed by atoms with E-state index in [-0.39, 0.29) is 0 Å². The number of fused-ring (bicyclic) bond motifs is 2. The quantitative estimate of drug-likeness (QED) is 0.141. The molecule has 0 heteroatoms. The summed E-state index contributed by atoms with van der Waals surface area (Å²) in [5, 5.41) is 2.61. The zero-order valence-electron chi connectivity index (χ0n) is 35.2. The maximum Gasteiger partial charge on any atom is 0.00950 e. The van der Waals surface area contributed by atoms with Crippen LogP contribution in [0.3, 0.4) is 0 Å². The Bertz CT molecular complexity index is 2560. The Morgan fingerprint density at radius 3 is 2.44 bits per heavy atom. The largest absolute Gasteiger partial charge is 0.0991 e. The maximum atomic E-state index is 3.90. The van der Waals surface area contributed by atoms with Gasteiger partial charge in [0.15, 0.2) is 0 Å². The molecule has 4 aromatic rings. The van der Waals surface area contributed by atoms with Crippen molar-refractivity contribution in [2.45, 2.75) is 71.1 Å². The molecule has 5 unspecified atom stereocenters. The van der Waals surface area contributed by atoms with E-state index in [4.69, 9.17) is 0 Å². The van der Waals surface area contributed by atoms with Gasteiger partial charge in [0, 0.05) is 11.8 Å². The highest BCUT2D eigenvalue weighted by atomic mass is 14.4. The number of rotatable bonds is 10. The molecule has 0 saturated carbocycles. The van der Waals surface area contributed by atoms with Crippen molar-refractivity contribution in [3.63, 3.8) is 0 Å². The van der Waals surface area contributed by atoms with E-state index in [1.54, 1.807) is 0 Å². The summed E-state index contributed by atoms with van der Waals surface area (Å²) in [6.07, 6.45) is 41.8. The predicted octanol–water partition coefficient (Wildman–Crippen LogP) is 16.2. The fraction of sp³-hybridized carbons (Fsp3) is 0.254. The van der Waals surface area contributed by atoms with Gasteiger partial charge in [0.05, 0.1) is 0 Å². The maximum absolute atomic E-state index is 3.90. The fourth-order valence-electron chi connectivity index (χ4n) is 10.7. The van der Waals surface area contributed by atoms with Gasteiger partial charge in [-0.15, -0.1) is 0 Å². The molecule has 0 radical (unpaired) electrons. The lowest BCUT2D eigenvalue weighted by molar-refractivity contribution is 0.348. The van der Waals surface area contributed by atoms with Crippen LogP contribution in [0, 0.1) is 23.7 Å². The standard InChI is InChI=1S/C59H58/c1-5-6-8-22-49-35-41(4)58(55-28-16-14-26-53(49)55)50-24-17-23-47(37-50)51-38-56(44-32-29-43(30-33-44)48-34-31-42-18-11-12-21-46(42)36-48)59(45-19-9-7-10-20-45)57(39-51)54-27-15-13-25-52(54)40(2)3/h5-16,18-21,24-26,29,31-41,43,54-55,58H,1,17,22-23,27-28,30H2,2-4H3. The number of allylic oxidation sites excluding steroid dienone is 21. The third-order valence-electron chi connectivity index (χ3n) is 13.6. The van der Waals surface area contributed by atoms with Crippen molar-refractivity contribution in [1.29, 1.82) is 0 Å². The van der Waals surface area contributed by atoms with Crippen LogP contribution in [0.5, 0.6) is 0 Å². The first-order chi connectivity index (χ1) is 29.0. The van der Waals surface area contributed by atoms with Crippen LogP contribution in [0.15, 0.2) is 205 Å². The van der Waals surface area contributed by atoms with E-state index < -0.39 is 0 Å². The second kappa shape index (κ2) is 17.2. The summed E-state index contributed by atoms with van der Waals surface area (Å²) in [7, 11) is 0. The fourth-order valence-corrected chi connectivity index (χ4v) is 10.7. The molecule has 0 saturated heterocycles. The summed E-state index contributed by atoms with van der Waals surface area (Å²) in [6, 6.07) is 32.1. The molecule has 0 bridgehead atoms. The second-order valence-electron chi connectivity index (χ2n) is 17.6. The van der Waals surface area contributed by atoms with Crippen LogP contribution >= 0.6 is 0 Å². The highest BCUT2D eigenvalue weighted by molar-refractivity contribution is 5.91.